The van der Waals surface area contributed by atoms with Gasteiger partial charge in [-0.25, -0.2) is 0 Å². The van der Waals surface area contributed by atoms with Gasteiger partial charge in [-0.1, -0.05) is 17.7 Å². The summed E-state index contributed by atoms with van der Waals surface area (Å²) >= 11 is 0. The van der Waals surface area contributed by atoms with Crippen LogP contribution < -0.4 is 4.74 Å². The van der Waals surface area contributed by atoms with Gasteiger partial charge in [0.2, 0.25) is 5.79 Å². The monoisotopic (exact) mass is 224 g/mol. The quantitative estimate of drug-likeness (QED) is 0.799. The first-order valence-electron chi connectivity index (χ1n) is 5.32. The first kappa shape index (κ1) is 13.0. The number of hydrogen-bond acceptors (Lipinski definition) is 3. The molecule has 1 rings (SSSR count). The second kappa shape index (κ2) is 4.44. The van der Waals surface area contributed by atoms with Crippen molar-refractivity contribution in [1.82, 2.24) is 0 Å². The van der Waals surface area contributed by atoms with E-state index in [1.165, 1.54) is 12.7 Å². The normalized spacial score (nSPS) is 15.6. The standard InChI is InChI=1S/C13H20O3/c1-10-6-8-11(9-7-10)16-12(2,3)13(4,14)15-5/h6-9,14H,1-5H3. The van der Waals surface area contributed by atoms with E-state index < -0.39 is 11.4 Å². The Labute approximate surface area is 97.0 Å². The Morgan fingerprint density at radius 2 is 1.56 bits per heavy atom. The van der Waals surface area contributed by atoms with Crippen LogP contribution in [-0.4, -0.2) is 23.6 Å². The van der Waals surface area contributed by atoms with Crippen LogP contribution in [0.3, 0.4) is 0 Å². The molecular formula is C13H20O3. The molecule has 90 valence electrons. The molecule has 16 heavy (non-hydrogen) atoms. The molecule has 0 radical (unpaired) electrons. The number of methoxy groups -OCH3 is 1. The van der Waals surface area contributed by atoms with E-state index in [4.69, 9.17) is 9.47 Å². The molecule has 1 atom stereocenters. The van der Waals surface area contributed by atoms with Crippen LogP contribution in [0.25, 0.3) is 0 Å². The Hall–Kier alpha value is -1.06. The number of ether oxygens (including phenoxy) is 2. The van der Waals surface area contributed by atoms with Gasteiger partial charge in [0, 0.05) is 7.11 Å². The van der Waals surface area contributed by atoms with Crippen molar-refractivity contribution in [3.8, 4) is 5.75 Å². The van der Waals surface area contributed by atoms with E-state index in [2.05, 4.69) is 0 Å². The fourth-order valence-electron chi connectivity index (χ4n) is 1.24. The van der Waals surface area contributed by atoms with Gasteiger partial charge in [0.25, 0.3) is 0 Å². The summed E-state index contributed by atoms with van der Waals surface area (Å²) in [6, 6.07) is 7.69. The molecule has 0 fully saturated rings. The lowest BCUT2D eigenvalue weighted by atomic mass is 9.99. The van der Waals surface area contributed by atoms with Crippen molar-refractivity contribution >= 4 is 0 Å². The minimum Gasteiger partial charge on any atom is -0.482 e. The number of benzene rings is 1. The van der Waals surface area contributed by atoms with Crippen molar-refractivity contribution in [2.45, 2.75) is 39.1 Å². The first-order valence-corrected chi connectivity index (χ1v) is 5.32. The molecule has 0 heterocycles. The van der Waals surface area contributed by atoms with Gasteiger partial charge in [0.1, 0.15) is 5.75 Å². The van der Waals surface area contributed by atoms with E-state index in [0.29, 0.717) is 5.75 Å². The van der Waals surface area contributed by atoms with Crippen LogP contribution in [0, 0.1) is 6.92 Å². The van der Waals surface area contributed by atoms with Gasteiger partial charge in [-0.15, -0.1) is 0 Å². The summed E-state index contributed by atoms with van der Waals surface area (Å²) in [6.45, 7) is 7.17. The zero-order chi connectivity index (χ0) is 12.4. The van der Waals surface area contributed by atoms with E-state index in [0.717, 1.165) is 0 Å². The molecule has 3 heteroatoms. The molecule has 0 aliphatic carbocycles. The second-order valence-corrected chi connectivity index (χ2v) is 4.61. The van der Waals surface area contributed by atoms with Crippen molar-refractivity contribution < 1.29 is 14.6 Å². The maximum atomic E-state index is 10.0. The molecule has 0 spiro atoms. The predicted octanol–water partition coefficient (Wildman–Crippen LogP) is 2.51. The van der Waals surface area contributed by atoms with Gasteiger partial charge in [-0.2, -0.15) is 0 Å². The highest BCUT2D eigenvalue weighted by atomic mass is 16.6. The van der Waals surface area contributed by atoms with Crippen LogP contribution in [0.2, 0.25) is 0 Å². The smallest absolute Gasteiger partial charge is 0.202 e. The number of aliphatic hydroxyl groups is 1. The number of hydrogen-bond donors (Lipinski definition) is 1. The predicted molar refractivity (Wildman–Crippen MR) is 63.5 cm³/mol. The van der Waals surface area contributed by atoms with Crippen LogP contribution in [-0.2, 0) is 4.74 Å². The van der Waals surface area contributed by atoms with E-state index in [9.17, 15) is 5.11 Å². The van der Waals surface area contributed by atoms with Crippen LogP contribution >= 0.6 is 0 Å². The maximum Gasteiger partial charge on any atom is 0.202 e. The summed E-state index contributed by atoms with van der Waals surface area (Å²) in [4.78, 5) is 0. The Morgan fingerprint density at radius 3 is 2.00 bits per heavy atom. The molecule has 0 aliphatic heterocycles. The highest BCUT2D eigenvalue weighted by Crippen LogP contribution is 2.28. The van der Waals surface area contributed by atoms with Crippen LogP contribution in [0.5, 0.6) is 5.75 Å². The molecule has 1 aromatic carbocycles. The third-order valence-corrected chi connectivity index (χ3v) is 2.91. The highest BCUT2D eigenvalue weighted by molar-refractivity contribution is 5.27. The molecule has 0 aliphatic rings. The van der Waals surface area contributed by atoms with Crippen molar-refractivity contribution in [2.75, 3.05) is 7.11 Å². The Balaban J connectivity index is 2.84. The van der Waals surface area contributed by atoms with E-state index in [-0.39, 0.29) is 0 Å². The van der Waals surface area contributed by atoms with Crippen molar-refractivity contribution in [2.24, 2.45) is 0 Å². The molecule has 3 nitrogen and oxygen atoms in total. The maximum absolute atomic E-state index is 10.0. The Kier molecular flexibility index (Phi) is 3.61. The van der Waals surface area contributed by atoms with Crippen molar-refractivity contribution in [3.05, 3.63) is 29.8 Å². The fourth-order valence-corrected chi connectivity index (χ4v) is 1.24. The average Bonchev–Trinajstić information content (AvgIpc) is 2.21. The summed E-state index contributed by atoms with van der Waals surface area (Å²) in [6.07, 6.45) is 0. The van der Waals surface area contributed by atoms with Gasteiger partial charge in [0.15, 0.2) is 5.60 Å². The minimum absolute atomic E-state index is 0.716. The molecule has 1 unspecified atom stereocenters. The summed E-state index contributed by atoms with van der Waals surface area (Å²) in [7, 11) is 1.46. The molecule has 0 aromatic heterocycles. The van der Waals surface area contributed by atoms with Crippen molar-refractivity contribution in [1.29, 1.82) is 0 Å². The van der Waals surface area contributed by atoms with E-state index in [1.807, 2.05) is 31.2 Å². The van der Waals surface area contributed by atoms with Crippen molar-refractivity contribution in [3.63, 3.8) is 0 Å². The average molecular weight is 224 g/mol. The summed E-state index contributed by atoms with van der Waals surface area (Å²) in [5.41, 5.74) is 0.348. The van der Waals surface area contributed by atoms with Crippen LogP contribution in [0.4, 0.5) is 0 Å². The van der Waals surface area contributed by atoms with Gasteiger partial charge in [-0.3, -0.25) is 0 Å². The SMILES string of the molecule is COC(C)(O)C(C)(C)Oc1ccc(C)cc1. The molecule has 0 bridgehead atoms. The van der Waals surface area contributed by atoms with E-state index >= 15 is 0 Å². The minimum atomic E-state index is -1.34. The van der Waals surface area contributed by atoms with Gasteiger partial charge in [-0.05, 0) is 39.8 Å². The molecule has 1 aromatic rings. The number of aryl methyl sites for hydroxylation is 1. The van der Waals surface area contributed by atoms with Gasteiger partial charge >= 0.3 is 0 Å². The Bertz CT molecular complexity index is 339. The molecule has 1 N–H and O–H groups in total. The number of rotatable bonds is 4. The third-order valence-electron chi connectivity index (χ3n) is 2.91. The molecule has 0 saturated heterocycles. The lowest BCUT2D eigenvalue weighted by molar-refractivity contribution is -0.256. The summed E-state index contributed by atoms with van der Waals surface area (Å²) < 4.78 is 10.8. The largest absolute Gasteiger partial charge is 0.482 e. The summed E-state index contributed by atoms with van der Waals surface area (Å²) in [5.74, 6) is -0.620. The molecule has 0 amide bonds. The lowest BCUT2D eigenvalue weighted by Crippen LogP contribution is -2.53. The first-order chi connectivity index (χ1) is 7.28. The Morgan fingerprint density at radius 1 is 1.06 bits per heavy atom. The van der Waals surface area contributed by atoms with E-state index in [1.54, 1.807) is 20.8 Å². The zero-order valence-electron chi connectivity index (χ0n) is 10.6. The highest BCUT2D eigenvalue weighted by Gasteiger charge is 2.42. The van der Waals surface area contributed by atoms with Crippen LogP contribution in [0.15, 0.2) is 24.3 Å². The van der Waals surface area contributed by atoms with Gasteiger partial charge in [0.05, 0.1) is 0 Å². The van der Waals surface area contributed by atoms with Crippen LogP contribution in [0.1, 0.15) is 26.3 Å². The topological polar surface area (TPSA) is 38.7 Å². The summed E-state index contributed by atoms with van der Waals surface area (Å²) in [5, 5.41) is 10.0. The third kappa shape index (κ3) is 2.74. The lowest BCUT2D eigenvalue weighted by Gasteiger charge is -2.38. The molecule has 0 saturated carbocycles. The zero-order valence-corrected chi connectivity index (χ0v) is 10.6. The second-order valence-electron chi connectivity index (χ2n) is 4.61. The fraction of sp³-hybridized carbons (Fsp3) is 0.538. The van der Waals surface area contributed by atoms with Gasteiger partial charge < -0.3 is 14.6 Å². The molecular weight excluding hydrogens is 204 g/mol.